The topological polar surface area (TPSA) is 107 Å². The van der Waals surface area contributed by atoms with Crippen LogP contribution in [0.5, 0.6) is 0 Å². The molecular formula is C20H45O6PS. The summed E-state index contributed by atoms with van der Waals surface area (Å²) in [6, 6.07) is 0. The Balaban J connectivity index is 0. The van der Waals surface area contributed by atoms with Crippen molar-refractivity contribution in [2.75, 3.05) is 31.3 Å². The van der Waals surface area contributed by atoms with E-state index >= 15 is 0 Å². The lowest BCUT2D eigenvalue weighted by atomic mass is 10.1. The first-order valence-electron chi connectivity index (χ1n) is 11.0. The third-order valence-electron chi connectivity index (χ3n) is 4.17. The smallest absolute Gasteiger partial charge is 0.396 e. The molecule has 172 valence electrons. The van der Waals surface area contributed by atoms with E-state index in [-0.39, 0.29) is 0 Å². The molecule has 28 heavy (non-hydrogen) atoms. The van der Waals surface area contributed by atoms with Crippen molar-refractivity contribution in [3.8, 4) is 0 Å². The molecule has 0 unspecified atom stereocenters. The summed E-state index contributed by atoms with van der Waals surface area (Å²) < 4.78 is 14.6. The molecule has 8 heteroatoms. The molecule has 0 aliphatic heterocycles. The third-order valence-corrected chi connectivity index (χ3v) is 5.32. The Bertz CT molecular complexity index is 300. The zero-order valence-electron chi connectivity index (χ0n) is 17.9. The highest BCUT2D eigenvalue weighted by molar-refractivity contribution is 7.99. The Morgan fingerprint density at radius 1 is 0.679 bits per heavy atom. The summed E-state index contributed by atoms with van der Waals surface area (Å²) in [4.78, 5) is 21.6. The van der Waals surface area contributed by atoms with Crippen LogP contribution < -0.4 is 0 Å². The highest BCUT2D eigenvalue weighted by Gasteiger charge is 2.00. The van der Waals surface area contributed by atoms with E-state index in [0.29, 0.717) is 6.61 Å². The second kappa shape index (κ2) is 25.4. The van der Waals surface area contributed by atoms with Crippen LogP contribution in [0.3, 0.4) is 0 Å². The molecule has 0 radical (unpaired) electrons. The van der Waals surface area contributed by atoms with E-state index in [2.05, 4.69) is 6.92 Å². The average Bonchev–Trinajstić information content (AvgIpc) is 2.62. The van der Waals surface area contributed by atoms with Crippen LogP contribution in [0, 0.1) is 0 Å². The maximum atomic E-state index is 8.88. The number of phosphoric acid groups is 1. The summed E-state index contributed by atoms with van der Waals surface area (Å²) in [7, 11) is -4.64. The molecule has 0 aromatic heterocycles. The minimum atomic E-state index is -4.64. The van der Waals surface area contributed by atoms with E-state index in [9.17, 15) is 0 Å². The lowest BCUT2D eigenvalue weighted by Gasteiger charge is -2.05. The van der Waals surface area contributed by atoms with Crippen molar-refractivity contribution in [3.05, 3.63) is 0 Å². The molecule has 0 fully saturated rings. The summed E-state index contributed by atoms with van der Waals surface area (Å²) in [6.07, 6.45) is 18.9. The van der Waals surface area contributed by atoms with Crippen molar-refractivity contribution in [2.24, 2.45) is 0 Å². The first-order chi connectivity index (χ1) is 13.4. The summed E-state index contributed by atoms with van der Waals surface area (Å²) >= 11 is 1.92. The van der Waals surface area contributed by atoms with Gasteiger partial charge in [-0.2, -0.15) is 11.8 Å². The van der Waals surface area contributed by atoms with E-state index in [1.54, 1.807) is 0 Å². The van der Waals surface area contributed by atoms with Crippen LogP contribution in [-0.2, 0) is 9.30 Å². The van der Waals surface area contributed by atoms with Gasteiger partial charge in [-0.25, -0.2) is 4.57 Å². The second-order valence-electron chi connectivity index (χ2n) is 7.06. The van der Waals surface area contributed by atoms with Crippen molar-refractivity contribution < 1.29 is 29.1 Å². The standard InChI is InChI=1S/C20H42O2S.H3O4P/c1-2-3-4-5-6-7-8-9-10-11-12-13-17-22-18-15-20-23-19-14-16-21;1-5(2,3)4/h21H,2-20H2,1H3;(H3,1,2,3,4). The lowest BCUT2D eigenvalue weighted by molar-refractivity contribution is 0.131. The number of rotatable bonds is 20. The van der Waals surface area contributed by atoms with Crippen molar-refractivity contribution >= 4 is 19.6 Å². The lowest BCUT2D eigenvalue weighted by Crippen LogP contribution is -1.99. The predicted molar refractivity (Wildman–Crippen MR) is 120 cm³/mol. The molecule has 6 nitrogen and oxygen atoms in total. The number of hydrogen-bond acceptors (Lipinski definition) is 4. The van der Waals surface area contributed by atoms with Gasteiger partial charge in [-0.15, -0.1) is 0 Å². The Labute approximate surface area is 177 Å². The van der Waals surface area contributed by atoms with Gasteiger partial charge in [0.05, 0.1) is 0 Å². The van der Waals surface area contributed by atoms with Crippen LogP contribution >= 0.6 is 19.6 Å². The maximum Gasteiger partial charge on any atom is 0.466 e. The highest BCUT2D eigenvalue weighted by atomic mass is 32.2. The molecule has 0 saturated heterocycles. The predicted octanol–water partition coefficient (Wildman–Crippen LogP) is 5.28. The van der Waals surface area contributed by atoms with Crippen LogP contribution in [0.1, 0.15) is 96.8 Å². The number of ether oxygens (including phenoxy) is 1. The van der Waals surface area contributed by atoms with Crippen LogP contribution in [0.2, 0.25) is 0 Å². The molecule has 0 aromatic rings. The normalized spacial score (nSPS) is 11.3. The summed E-state index contributed by atoms with van der Waals surface area (Å²) in [6.45, 7) is 4.45. The van der Waals surface area contributed by atoms with Gasteiger partial charge in [-0.1, -0.05) is 77.6 Å². The monoisotopic (exact) mass is 444 g/mol. The number of hydrogen-bond donors (Lipinski definition) is 4. The minimum absolute atomic E-state index is 0.322. The zero-order valence-corrected chi connectivity index (χ0v) is 19.6. The molecule has 0 bridgehead atoms. The maximum absolute atomic E-state index is 8.88. The van der Waals surface area contributed by atoms with Gasteiger partial charge in [0.15, 0.2) is 0 Å². The molecule has 0 amide bonds. The number of aliphatic hydroxyl groups is 1. The molecular weight excluding hydrogens is 399 g/mol. The summed E-state index contributed by atoms with van der Waals surface area (Å²) in [5.41, 5.74) is 0. The molecule has 0 heterocycles. The SMILES string of the molecule is CCCCCCCCCCCCCCOCCCSCCCO.O=P(O)(O)O. The Kier molecular flexibility index (Phi) is 27.8. The van der Waals surface area contributed by atoms with Crippen molar-refractivity contribution in [3.63, 3.8) is 0 Å². The van der Waals surface area contributed by atoms with Crippen molar-refractivity contribution in [1.29, 1.82) is 0 Å². The fraction of sp³-hybridized carbons (Fsp3) is 1.00. The van der Waals surface area contributed by atoms with E-state index in [4.69, 9.17) is 29.1 Å². The molecule has 0 saturated carbocycles. The molecule has 0 atom stereocenters. The van der Waals surface area contributed by atoms with Crippen molar-refractivity contribution in [2.45, 2.75) is 96.8 Å². The average molecular weight is 445 g/mol. The van der Waals surface area contributed by atoms with Gasteiger partial charge in [0, 0.05) is 19.8 Å². The van der Waals surface area contributed by atoms with Gasteiger partial charge < -0.3 is 24.5 Å². The molecule has 0 spiro atoms. The van der Waals surface area contributed by atoms with Gasteiger partial charge in [0.1, 0.15) is 0 Å². The van der Waals surface area contributed by atoms with Gasteiger partial charge >= 0.3 is 7.82 Å². The summed E-state index contributed by atoms with van der Waals surface area (Å²) in [5.74, 6) is 2.24. The first-order valence-corrected chi connectivity index (χ1v) is 13.7. The molecule has 0 rings (SSSR count). The van der Waals surface area contributed by atoms with Crippen molar-refractivity contribution in [1.82, 2.24) is 0 Å². The number of unbranched alkanes of at least 4 members (excludes halogenated alkanes) is 11. The minimum Gasteiger partial charge on any atom is -0.396 e. The Morgan fingerprint density at radius 2 is 1.07 bits per heavy atom. The van der Waals surface area contributed by atoms with E-state index in [0.717, 1.165) is 31.8 Å². The van der Waals surface area contributed by atoms with E-state index < -0.39 is 7.82 Å². The largest absolute Gasteiger partial charge is 0.466 e. The van der Waals surface area contributed by atoms with Gasteiger partial charge in [0.25, 0.3) is 0 Å². The van der Waals surface area contributed by atoms with E-state index in [1.807, 2.05) is 11.8 Å². The third kappa shape index (κ3) is 40.9. The first kappa shape index (κ1) is 30.6. The summed E-state index contributed by atoms with van der Waals surface area (Å²) in [5, 5.41) is 8.67. The van der Waals surface area contributed by atoms with Crippen LogP contribution in [0.15, 0.2) is 0 Å². The fourth-order valence-corrected chi connectivity index (χ4v) is 3.54. The fourth-order valence-electron chi connectivity index (χ4n) is 2.68. The highest BCUT2D eigenvalue weighted by Crippen LogP contribution is 2.25. The molecule has 4 N–H and O–H groups in total. The van der Waals surface area contributed by atoms with Gasteiger partial charge in [0.2, 0.25) is 0 Å². The zero-order chi connectivity index (χ0) is 21.3. The van der Waals surface area contributed by atoms with Crippen LogP contribution in [0.4, 0.5) is 0 Å². The molecule has 0 aliphatic rings. The second-order valence-corrected chi connectivity index (χ2v) is 9.31. The quantitative estimate of drug-likeness (QED) is 0.149. The Morgan fingerprint density at radius 3 is 1.54 bits per heavy atom. The number of aliphatic hydroxyl groups excluding tert-OH is 1. The van der Waals surface area contributed by atoms with E-state index in [1.165, 1.54) is 82.8 Å². The van der Waals surface area contributed by atoms with Gasteiger partial charge in [-0.05, 0) is 30.8 Å². The molecule has 0 aliphatic carbocycles. The van der Waals surface area contributed by atoms with Crippen LogP contribution in [0.25, 0.3) is 0 Å². The Hall–Kier alpha value is 0.380. The van der Waals surface area contributed by atoms with Crippen LogP contribution in [-0.4, -0.2) is 51.1 Å². The number of thioether (sulfide) groups is 1. The molecule has 0 aromatic carbocycles. The van der Waals surface area contributed by atoms with Gasteiger partial charge in [-0.3, -0.25) is 0 Å².